The fraction of sp³-hybridized carbons (Fsp3) is 0.562. The van der Waals surface area contributed by atoms with E-state index in [1.54, 1.807) is 18.9 Å². The smallest absolute Gasteiger partial charge is 0.315 e. The highest BCUT2D eigenvalue weighted by molar-refractivity contribution is 7.99. The zero-order valence-corrected chi connectivity index (χ0v) is 13.9. The number of hydrogen-bond acceptors (Lipinski definition) is 5. The molecule has 1 aromatic carbocycles. The molecule has 0 aliphatic carbocycles. The number of hydrogen-bond donors (Lipinski definition) is 1. The first kappa shape index (κ1) is 17.9. The van der Waals surface area contributed by atoms with Crippen molar-refractivity contribution in [3.05, 3.63) is 29.8 Å². The Labute approximate surface area is 131 Å². The monoisotopic (exact) mass is 311 g/mol. The second kappa shape index (κ2) is 10.5. The van der Waals surface area contributed by atoms with Crippen LogP contribution in [0, 0.1) is 0 Å². The standard InChI is InChI=1S/C16H25NO3S/c1-4-10-17-15(11-21-12-16(18)20-5-2)13-6-8-14(19-3)9-7-13/h6-9,15,17H,4-5,10-12H2,1-3H3. The number of thioether (sulfide) groups is 1. The molecule has 4 nitrogen and oxygen atoms in total. The van der Waals surface area contributed by atoms with Crippen molar-refractivity contribution in [1.82, 2.24) is 5.32 Å². The maximum atomic E-state index is 11.4. The summed E-state index contributed by atoms with van der Waals surface area (Å²) in [6.45, 7) is 5.36. The van der Waals surface area contributed by atoms with Gasteiger partial charge in [-0.3, -0.25) is 4.79 Å². The maximum Gasteiger partial charge on any atom is 0.315 e. The van der Waals surface area contributed by atoms with Crippen LogP contribution in [0.3, 0.4) is 0 Å². The fourth-order valence-corrected chi connectivity index (χ4v) is 2.80. The molecule has 0 amide bonds. The van der Waals surface area contributed by atoms with Crippen LogP contribution in [0.15, 0.2) is 24.3 Å². The van der Waals surface area contributed by atoms with Crippen molar-refractivity contribution in [2.75, 3.05) is 31.8 Å². The van der Waals surface area contributed by atoms with Gasteiger partial charge in [0.05, 0.1) is 19.5 Å². The summed E-state index contributed by atoms with van der Waals surface area (Å²) in [5.41, 5.74) is 1.21. The SMILES string of the molecule is CCCNC(CSCC(=O)OCC)c1ccc(OC)cc1. The van der Waals surface area contributed by atoms with Gasteiger partial charge in [0.2, 0.25) is 0 Å². The third-order valence-electron chi connectivity index (χ3n) is 2.97. The van der Waals surface area contributed by atoms with Crippen molar-refractivity contribution in [2.24, 2.45) is 0 Å². The minimum atomic E-state index is -0.147. The van der Waals surface area contributed by atoms with Gasteiger partial charge in [0.1, 0.15) is 5.75 Å². The molecule has 0 radical (unpaired) electrons. The molecule has 1 unspecified atom stereocenters. The van der Waals surface area contributed by atoms with Gasteiger partial charge in [-0.2, -0.15) is 0 Å². The lowest BCUT2D eigenvalue weighted by atomic mass is 10.1. The molecule has 118 valence electrons. The van der Waals surface area contributed by atoms with Crippen LogP contribution in [0.4, 0.5) is 0 Å². The van der Waals surface area contributed by atoms with Crippen LogP contribution in [0.5, 0.6) is 5.75 Å². The minimum absolute atomic E-state index is 0.147. The van der Waals surface area contributed by atoms with Crippen molar-refractivity contribution >= 4 is 17.7 Å². The molecule has 0 fully saturated rings. The Morgan fingerprint density at radius 1 is 1.29 bits per heavy atom. The highest BCUT2D eigenvalue weighted by Gasteiger charge is 2.12. The number of ether oxygens (including phenoxy) is 2. The van der Waals surface area contributed by atoms with Crippen molar-refractivity contribution in [3.63, 3.8) is 0 Å². The first-order chi connectivity index (χ1) is 10.2. The Balaban J connectivity index is 2.55. The zero-order valence-electron chi connectivity index (χ0n) is 13.1. The molecule has 0 bridgehead atoms. The van der Waals surface area contributed by atoms with Gasteiger partial charge in [0, 0.05) is 11.8 Å². The van der Waals surface area contributed by atoms with Gasteiger partial charge >= 0.3 is 5.97 Å². The molecule has 0 saturated carbocycles. The average Bonchev–Trinajstić information content (AvgIpc) is 2.51. The third kappa shape index (κ3) is 6.87. The van der Waals surface area contributed by atoms with Crippen LogP contribution in [0.2, 0.25) is 0 Å². The van der Waals surface area contributed by atoms with Crippen LogP contribution in [0.1, 0.15) is 31.9 Å². The normalized spacial score (nSPS) is 12.0. The van der Waals surface area contributed by atoms with E-state index in [9.17, 15) is 4.79 Å². The number of esters is 1. The third-order valence-corrected chi connectivity index (χ3v) is 3.98. The average molecular weight is 311 g/mol. The number of methoxy groups -OCH3 is 1. The second-order valence-electron chi connectivity index (χ2n) is 4.60. The summed E-state index contributed by atoms with van der Waals surface area (Å²) in [5.74, 6) is 1.94. The lowest BCUT2D eigenvalue weighted by molar-refractivity contribution is -0.139. The topological polar surface area (TPSA) is 47.6 Å². The Morgan fingerprint density at radius 3 is 2.57 bits per heavy atom. The molecule has 21 heavy (non-hydrogen) atoms. The summed E-state index contributed by atoms with van der Waals surface area (Å²) in [5, 5.41) is 3.52. The van der Waals surface area contributed by atoms with E-state index >= 15 is 0 Å². The predicted octanol–water partition coefficient (Wildman–Crippen LogP) is 3.03. The molecule has 1 atom stereocenters. The van der Waals surface area contributed by atoms with E-state index < -0.39 is 0 Å². The molecule has 1 rings (SSSR count). The molecule has 0 spiro atoms. The molecule has 0 saturated heterocycles. The molecule has 5 heteroatoms. The first-order valence-corrected chi connectivity index (χ1v) is 8.47. The summed E-state index contributed by atoms with van der Waals surface area (Å²) in [7, 11) is 1.66. The lowest BCUT2D eigenvalue weighted by Crippen LogP contribution is -2.24. The number of carbonyl (C=O) groups is 1. The van der Waals surface area contributed by atoms with E-state index in [1.807, 2.05) is 19.1 Å². The fourth-order valence-electron chi connectivity index (χ4n) is 1.89. The van der Waals surface area contributed by atoms with E-state index in [4.69, 9.17) is 9.47 Å². The van der Waals surface area contributed by atoms with Crippen LogP contribution in [-0.4, -0.2) is 37.7 Å². The van der Waals surface area contributed by atoms with Crippen molar-refractivity contribution in [1.29, 1.82) is 0 Å². The van der Waals surface area contributed by atoms with E-state index in [2.05, 4.69) is 24.4 Å². The molecular weight excluding hydrogens is 286 g/mol. The van der Waals surface area contributed by atoms with E-state index in [0.717, 1.165) is 24.5 Å². The lowest BCUT2D eigenvalue weighted by Gasteiger charge is -2.19. The first-order valence-electron chi connectivity index (χ1n) is 7.31. The van der Waals surface area contributed by atoms with E-state index in [0.29, 0.717) is 12.4 Å². The number of nitrogens with one attached hydrogen (secondary N) is 1. The zero-order chi connectivity index (χ0) is 15.5. The van der Waals surface area contributed by atoms with Crippen molar-refractivity contribution in [2.45, 2.75) is 26.3 Å². The quantitative estimate of drug-likeness (QED) is 0.673. The van der Waals surface area contributed by atoms with Gasteiger partial charge in [-0.05, 0) is 37.6 Å². The number of benzene rings is 1. The second-order valence-corrected chi connectivity index (χ2v) is 5.63. The van der Waals surface area contributed by atoms with Gasteiger partial charge in [-0.25, -0.2) is 0 Å². The number of carbonyl (C=O) groups excluding carboxylic acids is 1. The molecule has 1 N–H and O–H groups in total. The van der Waals surface area contributed by atoms with Crippen LogP contribution in [0.25, 0.3) is 0 Å². The van der Waals surface area contributed by atoms with Crippen LogP contribution < -0.4 is 10.1 Å². The molecule has 1 aromatic rings. The Morgan fingerprint density at radius 2 is 2.00 bits per heavy atom. The highest BCUT2D eigenvalue weighted by Crippen LogP contribution is 2.21. The van der Waals surface area contributed by atoms with Crippen molar-refractivity contribution < 1.29 is 14.3 Å². The highest BCUT2D eigenvalue weighted by atomic mass is 32.2. The van der Waals surface area contributed by atoms with Gasteiger partial charge in [0.15, 0.2) is 0 Å². The molecule has 0 aliphatic rings. The Hall–Kier alpha value is -1.20. The summed E-state index contributed by atoms with van der Waals surface area (Å²) in [4.78, 5) is 11.4. The van der Waals surface area contributed by atoms with Crippen LogP contribution in [-0.2, 0) is 9.53 Å². The summed E-state index contributed by atoms with van der Waals surface area (Å²) in [6.07, 6.45) is 1.08. The largest absolute Gasteiger partial charge is 0.497 e. The van der Waals surface area contributed by atoms with Gasteiger partial charge in [-0.1, -0.05) is 19.1 Å². The minimum Gasteiger partial charge on any atom is -0.497 e. The van der Waals surface area contributed by atoms with Gasteiger partial charge < -0.3 is 14.8 Å². The summed E-state index contributed by atoms with van der Waals surface area (Å²) in [6, 6.07) is 8.29. The summed E-state index contributed by atoms with van der Waals surface area (Å²) >= 11 is 1.60. The molecule has 0 heterocycles. The van der Waals surface area contributed by atoms with E-state index in [1.165, 1.54) is 5.56 Å². The van der Waals surface area contributed by atoms with Crippen LogP contribution >= 0.6 is 11.8 Å². The predicted molar refractivity (Wildman–Crippen MR) is 88.0 cm³/mol. The number of rotatable bonds is 10. The Kier molecular flexibility index (Phi) is 8.94. The Bertz CT molecular complexity index is 408. The summed E-state index contributed by atoms with van der Waals surface area (Å²) < 4.78 is 10.1. The van der Waals surface area contributed by atoms with Gasteiger partial charge in [-0.15, -0.1) is 11.8 Å². The molecule has 0 aromatic heterocycles. The molecule has 0 aliphatic heterocycles. The van der Waals surface area contributed by atoms with Crippen molar-refractivity contribution in [3.8, 4) is 5.75 Å². The van der Waals surface area contributed by atoms with E-state index in [-0.39, 0.29) is 12.0 Å². The van der Waals surface area contributed by atoms with Gasteiger partial charge in [0.25, 0.3) is 0 Å². The molecular formula is C16H25NO3S. The maximum absolute atomic E-state index is 11.4.